The molecule has 2 heterocycles. The Kier molecular flexibility index (Phi) is 7.31. The molecule has 0 unspecified atom stereocenters. The molecule has 0 bridgehead atoms. The maximum atomic E-state index is 11.1. The number of piperidine rings is 1. The summed E-state index contributed by atoms with van der Waals surface area (Å²) in [6.45, 7) is 7.64. The van der Waals surface area contributed by atoms with E-state index in [1.807, 2.05) is 0 Å². The monoisotopic (exact) mass is 384 g/mol. The number of rotatable bonds is 7. The number of nitrogens with two attached hydrogens (primary N) is 1. The van der Waals surface area contributed by atoms with Crippen LogP contribution in [0.25, 0.3) is 0 Å². The number of guanidine groups is 1. The van der Waals surface area contributed by atoms with Gasteiger partial charge < -0.3 is 21.3 Å². The van der Waals surface area contributed by atoms with Gasteiger partial charge in [-0.05, 0) is 37.5 Å². The van der Waals surface area contributed by atoms with Crippen LogP contribution in [0, 0.1) is 0 Å². The van der Waals surface area contributed by atoms with Crippen molar-refractivity contribution < 1.29 is 4.79 Å². The van der Waals surface area contributed by atoms with Crippen LogP contribution < -0.4 is 21.3 Å². The van der Waals surface area contributed by atoms with Crippen molar-refractivity contribution >= 4 is 17.6 Å². The third kappa shape index (κ3) is 5.99. The molecule has 4 N–H and O–H groups in total. The Hall–Kier alpha value is -2.54. The molecule has 0 aromatic heterocycles. The summed E-state index contributed by atoms with van der Waals surface area (Å²) in [6, 6.07) is 9.03. The second-order valence-electron chi connectivity index (χ2n) is 7.40. The van der Waals surface area contributed by atoms with Crippen LogP contribution in [0.3, 0.4) is 0 Å². The number of anilines is 1. The van der Waals surface area contributed by atoms with Crippen LogP contribution in [0.2, 0.25) is 0 Å². The van der Waals surface area contributed by atoms with Crippen LogP contribution >= 0.6 is 0 Å². The summed E-state index contributed by atoms with van der Waals surface area (Å²) in [7, 11) is 0. The van der Waals surface area contributed by atoms with Crippen molar-refractivity contribution in [3.8, 4) is 0 Å². The molecular formula is C21H32N6O. The van der Waals surface area contributed by atoms with Crippen molar-refractivity contribution in [3.05, 3.63) is 42.0 Å². The van der Waals surface area contributed by atoms with Crippen LogP contribution in [0.5, 0.6) is 0 Å². The van der Waals surface area contributed by atoms with Crippen LogP contribution in [0.1, 0.15) is 25.3 Å². The molecule has 28 heavy (non-hydrogen) atoms. The Balaban J connectivity index is 1.50. The van der Waals surface area contributed by atoms with E-state index in [4.69, 9.17) is 10.7 Å². The fraction of sp³-hybridized carbons (Fsp3) is 0.524. The number of amides is 1. The summed E-state index contributed by atoms with van der Waals surface area (Å²) in [4.78, 5) is 20.3. The maximum Gasteiger partial charge on any atom is 0.231 e. The third-order valence-electron chi connectivity index (χ3n) is 5.19. The molecule has 152 valence electrons. The molecule has 7 heteroatoms. The molecule has 0 aliphatic carbocycles. The number of primary amides is 1. The van der Waals surface area contributed by atoms with Crippen molar-refractivity contribution in [2.75, 3.05) is 44.2 Å². The smallest absolute Gasteiger partial charge is 0.231 e. The van der Waals surface area contributed by atoms with Gasteiger partial charge in [0.1, 0.15) is 0 Å². The summed E-state index contributed by atoms with van der Waals surface area (Å²) in [5.41, 5.74) is 7.74. The first kappa shape index (κ1) is 20.2. The van der Waals surface area contributed by atoms with Crippen molar-refractivity contribution in [1.29, 1.82) is 0 Å². The fourth-order valence-electron chi connectivity index (χ4n) is 3.64. The minimum Gasteiger partial charge on any atom is -0.369 e. The highest BCUT2D eigenvalue weighted by atomic mass is 16.1. The van der Waals surface area contributed by atoms with E-state index in [9.17, 15) is 4.79 Å². The van der Waals surface area contributed by atoms with Gasteiger partial charge in [0.05, 0.1) is 13.1 Å². The van der Waals surface area contributed by atoms with E-state index in [0.29, 0.717) is 19.1 Å². The zero-order valence-corrected chi connectivity index (χ0v) is 16.7. The van der Waals surface area contributed by atoms with E-state index in [1.54, 1.807) is 0 Å². The van der Waals surface area contributed by atoms with Gasteiger partial charge in [0.25, 0.3) is 0 Å². The van der Waals surface area contributed by atoms with Gasteiger partial charge in [0, 0.05) is 44.5 Å². The molecular weight excluding hydrogens is 352 g/mol. The number of nitrogens with one attached hydrogen (secondary N) is 2. The van der Waals surface area contributed by atoms with Crippen LogP contribution in [0.15, 0.2) is 41.4 Å². The average molecular weight is 385 g/mol. The van der Waals surface area contributed by atoms with Gasteiger partial charge in [-0.25, -0.2) is 4.99 Å². The maximum absolute atomic E-state index is 11.1. The number of benzene rings is 1. The highest BCUT2D eigenvalue weighted by Gasteiger charge is 2.20. The van der Waals surface area contributed by atoms with Gasteiger partial charge in [-0.15, -0.1) is 0 Å². The quantitative estimate of drug-likeness (QED) is 0.372. The molecule has 1 saturated heterocycles. The second-order valence-corrected chi connectivity index (χ2v) is 7.40. The van der Waals surface area contributed by atoms with Gasteiger partial charge in [-0.3, -0.25) is 9.69 Å². The highest BCUT2D eigenvalue weighted by molar-refractivity contribution is 5.80. The lowest BCUT2D eigenvalue weighted by molar-refractivity contribution is -0.119. The predicted octanol–water partition coefficient (Wildman–Crippen LogP) is 1.07. The molecule has 0 saturated carbocycles. The number of carbonyl (C=O) groups excluding carboxylic acids is 1. The first-order chi connectivity index (χ1) is 13.6. The lowest BCUT2D eigenvalue weighted by atomic mass is 10.1. The van der Waals surface area contributed by atoms with Crippen LogP contribution in [-0.2, 0) is 11.3 Å². The minimum absolute atomic E-state index is 0.256. The Morgan fingerprint density at radius 1 is 1.18 bits per heavy atom. The molecule has 1 aromatic rings. The molecule has 1 fully saturated rings. The summed E-state index contributed by atoms with van der Waals surface area (Å²) in [6.07, 6.45) is 6.36. The van der Waals surface area contributed by atoms with Crippen molar-refractivity contribution in [2.45, 2.75) is 32.4 Å². The van der Waals surface area contributed by atoms with E-state index in [2.05, 4.69) is 63.8 Å². The number of aliphatic imine (C=N–C) groups is 1. The summed E-state index contributed by atoms with van der Waals surface area (Å²) < 4.78 is 0. The van der Waals surface area contributed by atoms with Crippen molar-refractivity contribution in [3.63, 3.8) is 0 Å². The molecule has 2 aliphatic rings. The fourth-order valence-corrected chi connectivity index (χ4v) is 3.64. The Morgan fingerprint density at radius 3 is 2.46 bits per heavy atom. The first-order valence-corrected chi connectivity index (χ1v) is 10.2. The standard InChI is InChI=1S/C21H32N6O/c1-2-23-21(25-18-9-13-26(14-10-18)16-20(22)28)24-15-17-5-7-19(8-6-17)27-11-3-4-12-27/h3-8,18H,2,9-16H2,1H3,(H2,22,28)(H2,23,24,25). The lowest BCUT2D eigenvalue weighted by Crippen LogP contribution is -2.49. The SMILES string of the molecule is CCNC(=NCc1ccc(N2CC=CC2)cc1)NC1CCN(CC(N)=O)CC1. The van der Waals surface area contributed by atoms with Gasteiger partial charge >= 0.3 is 0 Å². The minimum atomic E-state index is -0.256. The van der Waals surface area contributed by atoms with E-state index in [-0.39, 0.29) is 5.91 Å². The number of hydrogen-bond acceptors (Lipinski definition) is 4. The van der Waals surface area contributed by atoms with Gasteiger partial charge in [-0.1, -0.05) is 24.3 Å². The molecule has 7 nitrogen and oxygen atoms in total. The van der Waals surface area contributed by atoms with Crippen LogP contribution in [-0.4, -0.2) is 62.1 Å². The molecule has 1 amide bonds. The normalized spacial score (nSPS) is 18.5. The molecule has 1 aromatic carbocycles. The Bertz CT molecular complexity index is 683. The first-order valence-electron chi connectivity index (χ1n) is 10.2. The lowest BCUT2D eigenvalue weighted by Gasteiger charge is -2.32. The van der Waals surface area contributed by atoms with Gasteiger partial charge in [0.2, 0.25) is 5.91 Å². The topological polar surface area (TPSA) is 86.0 Å². The Labute approximate surface area is 167 Å². The van der Waals surface area contributed by atoms with Crippen molar-refractivity contribution in [2.24, 2.45) is 10.7 Å². The molecule has 0 radical (unpaired) electrons. The summed E-state index contributed by atoms with van der Waals surface area (Å²) in [5, 5.41) is 6.87. The molecule has 3 rings (SSSR count). The van der Waals surface area contributed by atoms with Gasteiger partial charge in [-0.2, -0.15) is 0 Å². The predicted molar refractivity (Wildman–Crippen MR) is 114 cm³/mol. The highest BCUT2D eigenvalue weighted by Crippen LogP contribution is 2.18. The number of hydrogen-bond donors (Lipinski definition) is 3. The van der Waals surface area contributed by atoms with E-state index < -0.39 is 0 Å². The number of carbonyl (C=O) groups is 1. The number of nitrogens with zero attached hydrogens (tertiary/aromatic N) is 3. The number of likely N-dealkylation sites (tertiary alicyclic amines) is 1. The largest absolute Gasteiger partial charge is 0.369 e. The van der Waals surface area contributed by atoms with Crippen molar-refractivity contribution in [1.82, 2.24) is 15.5 Å². The van der Waals surface area contributed by atoms with E-state index >= 15 is 0 Å². The van der Waals surface area contributed by atoms with E-state index in [0.717, 1.165) is 51.5 Å². The zero-order valence-electron chi connectivity index (χ0n) is 16.7. The van der Waals surface area contributed by atoms with Crippen LogP contribution in [0.4, 0.5) is 5.69 Å². The zero-order chi connectivity index (χ0) is 19.8. The molecule has 0 spiro atoms. The summed E-state index contributed by atoms with van der Waals surface area (Å²) in [5.74, 6) is 0.594. The second kappa shape index (κ2) is 10.1. The summed E-state index contributed by atoms with van der Waals surface area (Å²) >= 11 is 0. The Morgan fingerprint density at radius 2 is 1.86 bits per heavy atom. The molecule has 0 atom stereocenters. The third-order valence-corrected chi connectivity index (χ3v) is 5.19. The molecule has 2 aliphatic heterocycles. The van der Waals surface area contributed by atoms with E-state index in [1.165, 1.54) is 11.3 Å². The average Bonchev–Trinajstić information content (AvgIpc) is 3.23. The van der Waals surface area contributed by atoms with Gasteiger partial charge in [0.15, 0.2) is 5.96 Å².